The van der Waals surface area contributed by atoms with E-state index in [-0.39, 0.29) is 23.3 Å². The third-order valence-corrected chi connectivity index (χ3v) is 5.29. The van der Waals surface area contributed by atoms with Gasteiger partial charge in [-0.15, -0.1) is 0 Å². The molecule has 1 atom stereocenters. The molecule has 0 bridgehead atoms. The molecule has 0 spiro atoms. The number of amides is 1. The van der Waals surface area contributed by atoms with Crippen LogP contribution < -0.4 is 5.32 Å². The second-order valence-electron chi connectivity index (χ2n) is 8.75. The summed E-state index contributed by atoms with van der Waals surface area (Å²) in [5.74, 6) is 0.209. The average Bonchev–Trinajstić information content (AvgIpc) is 2.92. The fraction of sp³-hybridized carbons (Fsp3) is 0.545. The first kappa shape index (κ1) is 20.6. The molecule has 2 aromatic rings. The molecular formula is C22H32N4O2. The van der Waals surface area contributed by atoms with Crippen molar-refractivity contribution in [2.75, 3.05) is 32.7 Å². The van der Waals surface area contributed by atoms with Gasteiger partial charge in [0.15, 0.2) is 5.78 Å². The fourth-order valence-electron chi connectivity index (χ4n) is 3.86. The van der Waals surface area contributed by atoms with Crippen molar-refractivity contribution in [1.82, 2.24) is 20.1 Å². The molecular weight excluding hydrogens is 352 g/mol. The van der Waals surface area contributed by atoms with E-state index in [9.17, 15) is 9.59 Å². The SMILES string of the molecule is C[C@@H](C(=O)c1c[nH]c2ccccc12)N1CCCN(CC(=O)NC(C)(C)C)CC1. The van der Waals surface area contributed by atoms with Crippen LogP contribution in [0.25, 0.3) is 10.9 Å². The molecule has 6 nitrogen and oxygen atoms in total. The van der Waals surface area contributed by atoms with Crippen molar-refractivity contribution in [2.45, 2.75) is 45.7 Å². The van der Waals surface area contributed by atoms with Crippen molar-refractivity contribution in [1.29, 1.82) is 0 Å². The number of hydrogen-bond acceptors (Lipinski definition) is 4. The Morgan fingerprint density at radius 3 is 2.64 bits per heavy atom. The highest BCUT2D eigenvalue weighted by molar-refractivity contribution is 6.10. The Hall–Kier alpha value is -2.18. The Morgan fingerprint density at radius 2 is 1.89 bits per heavy atom. The molecule has 1 saturated heterocycles. The summed E-state index contributed by atoms with van der Waals surface area (Å²) in [6, 6.07) is 7.73. The molecule has 2 heterocycles. The van der Waals surface area contributed by atoms with E-state index in [1.807, 2.05) is 58.2 Å². The lowest BCUT2D eigenvalue weighted by atomic mass is 10.0. The summed E-state index contributed by atoms with van der Waals surface area (Å²) in [5, 5.41) is 4.00. The van der Waals surface area contributed by atoms with E-state index in [2.05, 4.69) is 20.1 Å². The molecule has 0 aliphatic carbocycles. The maximum atomic E-state index is 13.1. The highest BCUT2D eigenvalue weighted by atomic mass is 16.2. The topological polar surface area (TPSA) is 68.4 Å². The zero-order valence-corrected chi connectivity index (χ0v) is 17.4. The number of ketones is 1. The van der Waals surface area contributed by atoms with Crippen LogP contribution in [0.15, 0.2) is 30.5 Å². The van der Waals surface area contributed by atoms with Crippen LogP contribution in [0, 0.1) is 0 Å². The monoisotopic (exact) mass is 384 g/mol. The average molecular weight is 385 g/mol. The second-order valence-corrected chi connectivity index (χ2v) is 8.75. The summed E-state index contributed by atoms with van der Waals surface area (Å²) >= 11 is 0. The minimum absolute atomic E-state index is 0.0591. The van der Waals surface area contributed by atoms with Gasteiger partial charge in [0.1, 0.15) is 0 Å². The number of aromatic amines is 1. The normalized spacial score (nSPS) is 18.0. The van der Waals surface area contributed by atoms with E-state index in [0.29, 0.717) is 6.54 Å². The number of benzene rings is 1. The molecule has 1 aromatic heterocycles. The summed E-state index contributed by atoms with van der Waals surface area (Å²) in [4.78, 5) is 32.9. The standard InChI is InChI=1S/C22H32N4O2/c1-16(21(28)18-14-23-19-9-6-5-8-17(18)19)26-11-7-10-25(12-13-26)15-20(27)24-22(2,3)4/h5-6,8-9,14,16,23H,7,10-13,15H2,1-4H3,(H,24,27)/t16-/m0/s1. The quantitative estimate of drug-likeness (QED) is 0.778. The second kappa shape index (κ2) is 8.45. The van der Waals surface area contributed by atoms with Crippen molar-refractivity contribution in [3.63, 3.8) is 0 Å². The van der Waals surface area contributed by atoms with E-state index < -0.39 is 0 Å². The maximum absolute atomic E-state index is 13.1. The van der Waals surface area contributed by atoms with E-state index >= 15 is 0 Å². The number of aromatic nitrogens is 1. The number of rotatable bonds is 5. The van der Waals surface area contributed by atoms with Crippen LogP contribution in [0.2, 0.25) is 0 Å². The number of hydrogen-bond donors (Lipinski definition) is 2. The first-order valence-electron chi connectivity index (χ1n) is 10.1. The van der Waals surface area contributed by atoms with Crippen molar-refractivity contribution in [3.8, 4) is 0 Å². The first-order valence-corrected chi connectivity index (χ1v) is 10.1. The number of H-pyrrole nitrogens is 1. The molecule has 0 saturated carbocycles. The molecule has 1 fully saturated rings. The van der Waals surface area contributed by atoms with Crippen molar-refractivity contribution >= 4 is 22.6 Å². The Morgan fingerprint density at radius 1 is 1.14 bits per heavy atom. The van der Waals surface area contributed by atoms with E-state index in [1.54, 1.807) is 0 Å². The van der Waals surface area contributed by atoms with Gasteiger partial charge in [-0.3, -0.25) is 19.4 Å². The van der Waals surface area contributed by atoms with Crippen LogP contribution in [0.4, 0.5) is 0 Å². The molecule has 1 aromatic carbocycles. The smallest absolute Gasteiger partial charge is 0.234 e. The number of fused-ring (bicyclic) bond motifs is 1. The van der Waals surface area contributed by atoms with Crippen LogP contribution >= 0.6 is 0 Å². The van der Waals surface area contributed by atoms with Crippen molar-refractivity contribution < 1.29 is 9.59 Å². The number of Topliss-reactive ketones (excluding diaryl/α,β-unsaturated/α-hetero) is 1. The predicted octanol–water partition coefficient (Wildman–Crippen LogP) is 2.66. The molecule has 1 aliphatic rings. The van der Waals surface area contributed by atoms with Crippen LogP contribution in [-0.4, -0.2) is 70.8 Å². The minimum Gasteiger partial charge on any atom is -0.360 e. The predicted molar refractivity (Wildman–Crippen MR) is 113 cm³/mol. The molecule has 2 N–H and O–H groups in total. The Labute approximate surface area is 167 Å². The number of carbonyl (C=O) groups excluding carboxylic acids is 2. The third-order valence-electron chi connectivity index (χ3n) is 5.29. The molecule has 28 heavy (non-hydrogen) atoms. The van der Waals surface area contributed by atoms with Gasteiger partial charge in [-0.05, 0) is 46.7 Å². The van der Waals surface area contributed by atoms with Crippen LogP contribution in [0.3, 0.4) is 0 Å². The van der Waals surface area contributed by atoms with Crippen LogP contribution in [0.5, 0.6) is 0 Å². The highest BCUT2D eigenvalue weighted by Crippen LogP contribution is 2.21. The zero-order chi connectivity index (χ0) is 20.3. The summed E-state index contributed by atoms with van der Waals surface area (Å²) in [6.07, 6.45) is 2.78. The van der Waals surface area contributed by atoms with E-state index in [1.165, 1.54) is 0 Å². The summed E-state index contributed by atoms with van der Waals surface area (Å²) in [5.41, 5.74) is 1.54. The number of carbonyl (C=O) groups is 2. The molecule has 0 radical (unpaired) electrons. The lowest BCUT2D eigenvalue weighted by molar-refractivity contribution is -0.123. The van der Waals surface area contributed by atoms with Crippen LogP contribution in [-0.2, 0) is 4.79 Å². The molecule has 3 rings (SSSR count). The molecule has 152 valence electrons. The first-order chi connectivity index (χ1) is 13.2. The van der Waals surface area contributed by atoms with E-state index in [0.717, 1.165) is 49.1 Å². The number of para-hydroxylation sites is 1. The number of nitrogens with one attached hydrogen (secondary N) is 2. The maximum Gasteiger partial charge on any atom is 0.234 e. The Kier molecular flexibility index (Phi) is 6.20. The van der Waals surface area contributed by atoms with Gasteiger partial charge in [0.05, 0.1) is 12.6 Å². The summed E-state index contributed by atoms with van der Waals surface area (Å²) < 4.78 is 0. The fourth-order valence-corrected chi connectivity index (χ4v) is 3.86. The number of nitrogens with zero attached hydrogens (tertiary/aromatic N) is 2. The highest BCUT2D eigenvalue weighted by Gasteiger charge is 2.27. The molecule has 6 heteroatoms. The van der Waals surface area contributed by atoms with E-state index in [4.69, 9.17) is 0 Å². The van der Waals surface area contributed by atoms with Gasteiger partial charge in [0, 0.05) is 47.8 Å². The Bertz CT molecular complexity index is 836. The molecule has 0 unspecified atom stereocenters. The van der Waals surface area contributed by atoms with Crippen LogP contribution in [0.1, 0.15) is 44.5 Å². The lowest BCUT2D eigenvalue weighted by Crippen LogP contribution is -2.47. The van der Waals surface area contributed by atoms with Crippen molar-refractivity contribution in [2.24, 2.45) is 0 Å². The summed E-state index contributed by atoms with van der Waals surface area (Å²) in [7, 11) is 0. The lowest BCUT2D eigenvalue weighted by Gasteiger charge is -2.27. The minimum atomic E-state index is -0.213. The zero-order valence-electron chi connectivity index (χ0n) is 17.4. The molecule has 1 amide bonds. The van der Waals surface area contributed by atoms with Gasteiger partial charge in [-0.1, -0.05) is 18.2 Å². The van der Waals surface area contributed by atoms with Gasteiger partial charge in [0.25, 0.3) is 0 Å². The van der Waals surface area contributed by atoms with Gasteiger partial charge >= 0.3 is 0 Å². The van der Waals surface area contributed by atoms with Gasteiger partial charge in [0.2, 0.25) is 5.91 Å². The van der Waals surface area contributed by atoms with Gasteiger partial charge in [-0.2, -0.15) is 0 Å². The summed E-state index contributed by atoms with van der Waals surface area (Å²) in [6.45, 7) is 11.7. The third kappa shape index (κ3) is 5.00. The largest absolute Gasteiger partial charge is 0.360 e. The molecule has 1 aliphatic heterocycles. The van der Waals surface area contributed by atoms with Crippen molar-refractivity contribution in [3.05, 3.63) is 36.0 Å². The van der Waals surface area contributed by atoms with Gasteiger partial charge in [-0.25, -0.2) is 0 Å². The van der Waals surface area contributed by atoms with Gasteiger partial charge < -0.3 is 10.3 Å². The Balaban J connectivity index is 1.60.